The summed E-state index contributed by atoms with van der Waals surface area (Å²) in [5, 5.41) is 3.64. The van der Waals surface area contributed by atoms with Gasteiger partial charge in [-0.25, -0.2) is 0 Å². The molecule has 0 heterocycles. The first-order valence-electron chi connectivity index (χ1n) is 8.10. The lowest BCUT2D eigenvalue weighted by molar-refractivity contribution is 0.0476. The molecule has 1 saturated carbocycles. The van der Waals surface area contributed by atoms with Crippen LogP contribution in [0, 0.1) is 5.92 Å². The van der Waals surface area contributed by atoms with Gasteiger partial charge in [-0.15, -0.1) is 0 Å². The highest BCUT2D eigenvalue weighted by Crippen LogP contribution is 2.37. The van der Waals surface area contributed by atoms with E-state index in [-0.39, 0.29) is 0 Å². The molecule has 108 valence electrons. The Labute approximate surface area is 115 Å². The molecule has 0 radical (unpaired) electrons. The molecule has 0 spiro atoms. The van der Waals surface area contributed by atoms with Crippen LogP contribution in [-0.4, -0.2) is 36.6 Å². The van der Waals surface area contributed by atoms with Crippen LogP contribution in [0.15, 0.2) is 0 Å². The lowest BCUT2D eigenvalue weighted by Gasteiger charge is -2.48. The number of nitrogens with one attached hydrogen (secondary N) is 1. The minimum atomic E-state index is 0.354. The average molecular weight is 254 g/mol. The van der Waals surface area contributed by atoms with Crippen LogP contribution in [0.5, 0.6) is 0 Å². The van der Waals surface area contributed by atoms with Crippen LogP contribution < -0.4 is 5.32 Å². The molecule has 0 aliphatic heterocycles. The predicted molar refractivity (Wildman–Crippen MR) is 81.0 cm³/mol. The van der Waals surface area contributed by atoms with E-state index in [4.69, 9.17) is 0 Å². The Kier molecular flexibility index (Phi) is 6.65. The Hall–Kier alpha value is -0.0800. The lowest BCUT2D eigenvalue weighted by atomic mass is 9.80. The van der Waals surface area contributed by atoms with Gasteiger partial charge in [-0.2, -0.15) is 0 Å². The Bertz CT molecular complexity index is 215. The van der Waals surface area contributed by atoms with Gasteiger partial charge in [-0.05, 0) is 51.7 Å². The number of likely N-dealkylation sites (N-methyl/N-ethyl adjacent to an activating group) is 2. The molecule has 0 aromatic rings. The Morgan fingerprint density at radius 1 is 1.11 bits per heavy atom. The zero-order valence-electron chi connectivity index (χ0n) is 13.3. The van der Waals surface area contributed by atoms with Crippen molar-refractivity contribution in [3.8, 4) is 0 Å². The summed E-state index contributed by atoms with van der Waals surface area (Å²) in [6.45, 7) is 11.7. The monoisotopic (exact) mass is 254 g/mol. The first-order chi connectivity index (χ1) is 8.68. The first kappa shape index (κ1) is 16.0. The molecule has 0 saturated heterocycles. The first-order valence-corrected chi connectivity index (χ1v) is 8.10. The van der Waals surface area contributed by atoms with Crippen molar-refractivity contribution in [1.82, 2.24) is 10.2 Å². The highest BCUT2D eigenvalue weighted by atomic mass is 15.2. The summed E-state index contributed by atoms with van der Waals surface area (Å²) >= 11 is 0. The van der Waals surface area contributed by atoms with E-state index in [1.807, 2.05) is 0 Å². The van der Waals surface area contributed by atoms with Crippen molar-refractivity contribution in [2.75, 3.05) is 20.1 Å². The normalized spacial score (nSPS) is 18.3. The second-order valence-corrected chi connectivity index (χ2v) is 5.84. The Morgan fingerprint density at radius 2 is 1.67 bits per heavy atom. The summed E-state index contributed by atoms with van der Waals surface area (Å²) in [5.74, 6) is 1.05. The lowest BCUT2D eigenvalue weighted by Crippen LogP contribution is -2.60. The highest BCUT2D eigenvalue weighted by molar-refractivity contribution is 4.98. The Morgan fingerprint density at radius 3 is 2.00 bits per heavy atom. The van der Waals surface area contributed by atoms with E-state index in [2.05, 4.69) is 45.0 Å². The SMILES string of the molecule is CCN(CC)C(CC)(CC)C(CCC1CC1)NC. The molecule has 1 aliphatic carbocycles. The molecular weight excluding hydrogens is 220 g/mol. The van der Waals surface area contributed by atoms with E-state index >= 15 is 0 Å². The second-order valence-electron chi connectivity index (χ2n) is 5.84. The summed E-state index contributed by atoms with van der Waals surface area (Å²) in [4.78, 5) is 2.68. The number of hydrogen-bond acceptors (Lipinski definition) is 2. The molecule has 0 aromatic heterocycles. The van der Waals surface area contributed by atoms with Crippen LogP contribution >= 0.6 is 0 Å². The van der Waals surface area contributed by atoms with Gasteiger partial charge in [0.25, 0.3) is 0 Å². The molecule has 2 nitrogen and oxygen atoms in total. The van der Waals surface area contributed by atoms with E-state index in [0.29, 0.717) is 11.6 Å². The molecule has 1 fully saturated rings. The van der Waals surface area contributed by atoms with Crippen molar-refractivity contribution in [2.45, 2.75) is 77.8 Å². The topological polar surface area (TPSA) is 15.3 Å². The molecule has 1 rings (SSSR count). The van der Waals surface area contributed by atoms with Crippen LogP contribution in [-0.2, 0) is 0 Å². The third-order valence-corrected chi connectivity index (χ3v) is 5.18. The average Bonchev–Trinajstić information content (AvgIpc) is 3.22. The minimum absolute atomic E-state index is 0.354. The van der Waals surface area contributed by atoms with Crippen molar-refractivity contribution >= 4 is 0 Å². The standard InChI is InChI=1S/C16H34N2/c1-6-16(7-2,18(8-3)9-4)15(17-5)13-12-14-10-11-14/h14-15,17H,6-13H2,1-5H3. The fourth-order valence-electron chi connectivity index (χ4n) is 3.75. The summed E-state index contributed by atoms with van der Waals surface area (Å²) < 4.78 is 0. The van der Waals surface area contributed by atoms with E-state index in [0.717, 1.165) is 5.92 Å². The molecule has 1 aliphatic rings. The molecule has 1 atom stereocenters. The summed E-state index contributed by atoms with van der Waals surface area (Å²) in [7, 11) is 2.15. The maximum absolute atomic E-state index is 3.64. The van der Waals surface area contributed by atoms with Crippen LogP contribution in [0.4, 0.5) is 0 Å². The van der Waals surface area contributed by atoms with Gasteiger partial charge < -0.3 is 5.32 Å². The van der Waals surface area contributed by atoms with E-state index in [1.54, 1.807) is 0 Å². The molecule has 2 heteroatoms. The second kappa shape index (κ2) is 7.49. The van der Waals surface area contributed by atoms with Gasteiger partial charge in [0, 0.05) is 11.6 Å². The molecule has 0 amide bonds. The van der Waals surface area contributed by atoms with E-state index < -0.39 is 0 Å². The number of rotatable bonds is 10. The van der Waals surface area contributed by atoms with E-state index in [9.17, 15) is 0 Å². The van der Waals surface area contributed by atoms with Gasteiger partial charge >= 0.3 is 0 Å². The van der Waals surface area contributed by atoms with Crippen LogP contribution in [0.2, 0.25) is 0 Å². The van der Waals surface area contributed by atoms with Crippen LogP contribution in [0.1, 0.15) is 66.2 Å². The quantitative estimate of drug-likeness (QED) is 0.640. The Balaban J connectivity index is 2.75. The maximum atomic E-state index is 3.64. The smallest absolute Gasteiger partial charge is 0.0356 e. The summed E-state index contributed by atoms with van der Waals surface area (Å²) in [5.41, 5.74) is 0.354. The fourth-order valence-corrected chi connectivity index (χ4v) is 3.75. The van der Waals surface area contributed by atoms with E-state index in [1.165, 1.54) is 51.6 Å². The van der Waals surface area contributed by atoms with Crippen molar-refractivity contribution < 1.29 is 0 Å². The van der Waals surface area contributed by atoms with Gasteiger partial charge in [-0.1, -0.05) is 40.5 Å². The van der Waals surface area contributed by atoms with Gasteiger partial charge in [0.05, 0.1) is 0 Å². The molecule has 0 aromatic carbocycles. The number of nitrogens with zero attached hydrogens (tertiary/aromatic N) is 1. The molecule has 18 heavy (non-hydrogen) atoms. The van der Waals surface area contributed by atoms with Gasteiger partial charge in [0.1, 0.15) is 0 Å². The van der Waals surface area contributed by atoms with Gasteiger partial charge in [0.2, 0.25) is 0 Å². The predicted octanol–water partition coefficient (Wildman–Crippen LogP) is 3.67. The third-order valence-electron chi connectivity index (χ3n) is 5.18. The number of hydrogen-bond donors (Lipinski definition) is 1. The third kappa shape index (κ3) is 3.48. The van der Waals surface area contributed by atoms with Crippen molar-refractivity contribution in [3.05, 3.63) is 0 Å². The van der Waals surface area contributed by atoms with Gasteiger partial charge in [-0.3, -0.25) is 4.90 Å². The summed E-state index contributed by atoms with van der Waals surface area (Å²) in [6.07, 6.45) is 8.23. The van der Waals surface area contributed by atoms with Crippen molar-refractivity contribution in [1.29, 1.82) is 0 Å². The largest absolute Gasteiger partial charge is 0.315 e. The molecular formula is C16H34N2. The van der Waals surface area contributed by atoms with Crippen molar-refractivity contribution in [2.24, 2.45) is 5.92 Å². The molecule has 1 unspecified atom stereocenters. The molecule has 0 bridgehead atoms. The summed E-state index contributed by atoms with van der Waals surface area (Å²) in [6, 6.07) is 0.646. The minimum Gasteiger partial charge on any atom is -0.315 e. The van der Waals surface area contributed by atoms with Crippen LogP contribution in [0.3, 0.4) is 0 Å². The fraction of sp³-hybridized carbons (Fsp3) is 1.00. The zero-order valence-corrected chi connectivity index (χ0v) is 13.3. The van der Waals surface area contributed by atoms with Gasteiger partial charge in [0.15, 0.2) is 0 Å². The maximum Gasteiger partial charge on any atom is 0.0356 e. The molecule has 1 N–H and O–H groups in total. The highest BCUT2D eigenvalue weighted by Gasteiger charge is 2.39. The van der Waals surface area contributed by atoms with Crippen LogP contribution in [0.25, 0.3) is 0 Å². The zero-order chi connectivity index (χ0) is 13.6. The van der Waals surface area contributed by atoms with Crippen molar-refractivity contribution in [3.63, 3.8) is 0 Å².